The lowest BCUT2D eigenvalue weighted by Gasteiger charge is -2.01. The Morgan fingerprint density at radius 3 is 2.53 bits per heavy atom. The monoisotopic (exact) mass is 218 g/mol. The second-order valence-corrected chi connectivity index (χ2v) is 3.83. The quantitative estimate of drug-likeness (QED) is 0.462. The highest BCUT2D eigenvalue weighted by Gasteiger charge is 2.02. The number of rotatable bonds is 2. The summed E-state index contributed by atoms with van der Waals surface area (Å²) in [5.41, 5.74) is 2.92. The smallest absolute Gasteiger partial charge is 0.167 e. The molecule has 4 heteroatoms. The molecule has 2 rings (SSSR count). The van der Waals surface area contributed by atoms with Crippen molar-refractivity contribution in [2.75, 3.05) is 0 Å². The third kappa shape index (κ3) is 2.43. The Hall–Kier alpha value is -1.65. The Balaban J connectivity index is 2.32. The molecule has 1 aromatic carbocycles. The van der Waals surface area contributed by atoms with E-state index in [9.17, 15) is 0 Å². The normalized spacial score (nSPS) is 11.4. The fraction of sp³-hybridized carbons (Fsp3) is 0. The van der Waals surface area contributed by atoms with E-state index < -0.39 is 0 Å². The topological polar surface area (TPSA) is 44.6 Å². The number of thiophene rings is 1. The van der Waals surface area contributed by atoms with Crippen LogP contribution in [0, 0.1) is 0 Å². The largest absolute Gasteiger partial charge is 0.290 e. The van der Waals surface area contributed by atoms with Crippen molar-refractivity contribution in [2.45, 2.75) is 0 Å². The number of nitrogens with one attached hydrogen (secondary N) is 1. The van der Waals surface area contributed by atoms with Crippen LogP contribution < -0.4 is 5.48 Å². The lowest BCUT2D eigenvalue weighted by atomic mass is 10.3. The average Bonchev–Trinajstić information content (AvgIpc) is 2.81. The Kier molecular flexibility index (Phi) is 3.11. The molecule has 0 aliphatic rings. The highest BCUT2D eigenvalue weighted by Crippen LogP contribution is 2.14. The molecule has 0 amide bonds. The van der Waals surface area contributed by atoms with Gasteiger partial charge in [-0.15, -0.1) is 11.3 Å². The molecule has 1 aromatic heterocycles. The molecule has 15 heavy (non-hydrogen) atoms. The number of aliphatic imine (C=N–C) groups is 1. The van der Waals surface area contributed by atoms with Crippen molar-refractivity contribution in [1.29, 1.82) is 0 Å². The summed E-state index contributed by atoms with van der Waals surface area (Å²) in [5.74, 6) is 0.469. The van der Waals surface area contributed by atoms with Gasteiger partial charge in [0.05, 0.1) is 10.6 Å². The van der Waals surface area contributed by atoms with E-state index in [0.717, 1.165) is 10.6 Å². The van der Waals surface area contributed by atoms with Gasteiger partial charge in [0.25, 0.3) is 0 Å². The maximum Gasteiger partial charge on any atom is 0.167 e. The molecule has 0 spiro atoms. The van der Waals surface area contributed by atoms with Gasteiger partial charge < -0.3 is 0 Å². The summed E-state index contributed by atoms with van der Waals surface area (Å²) in [5, 5.41) is 10.9. The Morgan fingerprint density at radius 1 is 1.13 bits per heavy atom. The van der Waals surface area contributed by atoms with E-state index >= 15 is 0 Å². The third-order valence-corrected chi connectivity index (χ3v) is 2.73. The molecule has 76 valence electrons. The van der Waals surface area contributed by atoms with Crippen molar-refractivity contribution in [1.82, 2.24) is 5.48 Å². The van der Waals surface area contributed by atoms with Gasteiger partial charge in [0.2, 0.25) is 0 Å². The highest BCUT2D eigenvalue weighted by atomic mass is 32.1. The molecule has 0 aliphatic heterocycles. The summed E-state index contributed by atoms with van der Waals surface area (Å²) >= 11 is 1.52. The number of nitrogens with zero attached hydrogens (tertiary/aromatic N) is 1. The molecule has 0 fully saturated rings. The highest BCUT2D eigenvalue weighted by molar-refractivity contribution is 7.12. The van der Waals surface area contributed by atoms with E-state index in [1.807, 2.05) is 47.8 Å². The molecule has 2 N–H and O–H groups in total. The van der Waals surface area contributed by atoms with Crippen LogP contribution >= 0.6 is 11.3 Å². The first-order chi connectivity index (χ1) is 7.40. The first kappa shape index (κ1) is 9.89. The molecule has 3 nitrogen and oxygen atoms in total. The van der Waals surface area contributed by atoms with Gasteiger partial charge >= 0.3 is 0 Å². The van der Waals surface area contributed by atoms with Gasteiger partial charge in [-0.05, 0) is 23.6 Å². The summed E-state index contributed by atoms with van der Waals surface area (Å²) in [4.78, 5) is 5.19. The van der Waals surface area contributed by atoms with Crippen LogP contribution in [0.3, 0.4) is 0 Å². The predicted molar refractivity (Wildman–Crippen MR) is 61.9 cm³/mol. The summed E-state index contributed by atoms with van der Waals surface area (Å²) in [6, 6.07) is 13.3. The zero-order valence-corrected chi connectivity index (χ0v) is 8.74. The van der Waals surface area contributed by atoms with E-state index in [1.165, 1.54) is 11.3 Å². The molecule has 0 bridgehead atoms. The average molecular weight is 218 g/mol. The third-order valence-electron chi connectivity index (χ3n) is 1.86. The number of hydrogen-bond acceptors (Lipinski definition) is 3. The molecule has 0 saturated heterocycles. The van der Waals surface area contributed by atoms with E-state index in [2.05, 4.69) is 10.5 Å². The van der Waals surface area contributed by atoms with Crippen LogP contribution in [0.4, 0.5) is 5.69 Å². The van der Waals surface area contributed by atoms with E-state index in [4.69, 9.17) is 5.21 Å². The van der Waals surface area contributed by atoms with Crippen LogP contribution in [0.5, 0.6) is 0 Å². The molecule has 0 saturated carbocycles. The lowest BCUT2D eigenvalue weighted by molar-refractivity contribution is 0.235. The van der Waals surface area contributed by atoms with E-state index in [0.29, 0.717) is 5.84 Å². The fourth-order valence-corrected chi connectivity index (χ4v) is 1.84. The van der Waals surface area contributed by atoms with Gasteiger partial charge in [-0.1, -0.05) is 24.3 Å². The van der Waals surface area contributed by atoms with Crippen LogP contribution in [0.15, 0.2) is 52.8 Å². The summed E-state index contributed by atoms with van der Waals surface area (Å²) < 4.78 is 0. The minimum absolute atomic E-state index is 0.469. The standard InChI is InChI=1S/C11H10N2OS/c14-13-11(10-7-4-8-15-10)12-9-5-2-1-3-6-9/h1-8,14H,(H,12,13). The zero-order chi connectivity index (χ0) is 10.5. The number of amidine groups is 1. The van der Waals surface area contributed by atoms with Crippen molar-refractivity contribution in [3.05, 3.63) is 52.7 Å². The molecule has 1 heterocycles. The zero-order valence-electron chi connectivity index (χ0n) is 7.92. The lowest BCUT2D eigenvalue weighted by Crippen LogP contribution is -2.18. The van der Waals surface area contributed by atoms with E-state index in [1.54, 1.807) is 0 Å². The van der Waals surface area contributed by atoms with Crippen molar-refractivity contribution in [2.24, 2.45) is 4.99 Å². The maximum atomic E-state index is 8.99. The Morgan fingerprint density at radius 2 is 1.93 bits per heavy atom. The van der Waals surface area contributed by atoms with Crippen molar-refractivity contribution in [3.8, 4) is 0 Å². The van der Waals surface area contributed by atoms with Crippen LogP contribution in [0.2, 0.25) is 0 Å². The summed E-state index contributed by atoms with van der Waals surface area (Å²) in [7, 11) is 0. The molecular formula is C11H10N2OS. The van der Waals surface area contributed by atoms with Crippen LogP contribution in [0.25, 0.3) is 0 Å². The van der Waals surface area contributed by atoms with Gasteiger partial charge in [-0.3, -0.25) is 10.7 Å². The molecule has 0 atom stereocenters. The maximum absolute atomic E-state index is 8.99. The number of benzene rings is 1. The number of para-hydroxylation sites is 1. The summed E-state index contributed by atoms with van der Waals surface area (Å²) in [6.07, 6.45) is 0. The Bertz CT molecular complexity index is 437. The van der Waals surface area contributed by atoms with Crippen molar-refractivity contribution >= 4 is 22.9 Å². The Labute approximate surface area is 91.7 Å². The molecule has 2 aromatic rings. The molecule has 0 aliphatic carbocycles. The van der Waals surface area contributed by atoms with Gasteiger partial charge in [-0.2, -0.15) is 0 Å². The number of hydroxylamine groups is 1. The molecule has 0 unspecified atom stereocenters. The van der Waals surface area contributed by atoms with Crippen molar-refractivity contribution < 1.29 is 5.21 Å². The first-order valence-corrected chi connectivity index (χ1v) is 5.36. The van der Waals surface area contributed by atoms with Gasteiger partial charge in [-0.25, -0.2) is 4.99 Å². The van der Waals surface area contributed by atoms with Crippen LogP contribution in [0.1, 0.15) is 4.88 Å². The van der Waals surface area contributed by atoms with Crippen LogP contribution in [-0.2, 0) is 0 Å². The van der Waals surface area contributed by atoms with Gasteiger partial charge in [0.1, 0.15) is 0 Å². The minimum Gasteiger partial charge on any atom is -0.290 e. The fourth-order valence-electron chi connectivity index (χ4n) is 1.18. The van der Waals surface area contributed by atoms with Crippen molar-refractivity contribution in [3.63, 3.8) is 0 Å². The second-order valence-electron chi connectivity index (χ2n) is 2.89. The summed E-state index contributed by atoms with van der Waals surface area (Å²) in [6.45, 7) is 0. The minimum atomic E-state index is 0.469. The van der Waals surface area contributed by atoms with Gasteiger partial charge in [0.15, 0.2) is 5.84 Å². The molecular weight excluding hydrogens is 208 g/mol. The number of hydrogen-bond donors (Lipinski definition) is 2. The molecule has 0 radical (unpaired) electrons. The predicted octanol–water partition coefficient (Wildman–Crippen LogP) is 2.81. The first-order valence-electron chi connectivity index (χ1n) is 4.48. The van der Waals surface area contributed by atoms with Crippen LogP contribution in [-0.4, -0.2) is 11.0 Å². The SMILES string of the molecule is ONC(=Nc1ccccc1)c1cccs1. The van der Waals surface area contributed by atoms with Gasteiger partial charge in [0, 0.05) is 0 Å². The second kappa shape index (κ2) is 4.72. The van der Waals surface area contributed by atoms with E-state index in [-0.39, 0.29) is 0 Å².